The summed E-state index contributed by atoms with van der Waals surface area (Å²) >= 11 is 0. The third-order valence-electron chi connectivity index (χ3n) is 12.6. The Morgan fingerprint density at radius 2 is 0.591 bits per heavy atom. The van der Waals surface area contributed by atoms with Crippen LogP contribution in [-0.2, 0) is 28.6 Å². The van der Waals surface area contributed by atoms with Crippen molar-refractivity contribution < 1.29 is 28.6 Å². The van der Waals surface area contributed by atoms with Crippen LogP contribution >= 0.6 is 0 Å². The summed E-state index contributed by atoms with van der Waals surface area (Å²) in [6.45, 7) is 6.52. The predicted molar refractivity (Wildman–Crippen MR) is 284 cm³/mol. The largest absolute Gasteiger partial charge is 0.462 e. The summed E-state index contributed by atoms with van der Waals surface area (Å²) in [6, 6.07) is 0. The highest BCUT2D eigenvalue weighted by molar-refractivity contribution is 5.71. The number of carbonyl (C=O) groups excluding carboxylic acids is 3. The van der Waals surface area contributed by atoms with Crippen LogP contribution in [0, 0.1) is 0 Å². The third-order valence-corrected chi connectivity index (χ3v) is 12.6. The van der Waals surface area contributed by atoms with Gasteiger partial charge in [0.05, 0.1) is 0 Å². The standard InChI is InChI=1S/C60H108O6/c1-4-7-10-13-16-19-22-24-26-27-28-29-30-31-32-34-35-38-41-44-47-50-53-59(62)65-56-57(55-64-58(61)52-49-46-43-40-37-21-18-15-12-9-6-3)66-60(63)54-51-48-45-42-39-36-33-25-23-20-17-14-11-8-5-2/h8,11,17,20,25,33,39,42,57H,4-7,9-10,12-16,18-19,21-24,26-32,34-38,40-41,43-56H2,1-3H3/b11-8-,20-17-,33-25-,42-39-. The number of rotatable bonds is 52. The molecule has 0 radical (unpaired) electrons. The Morgan fingerprint density at radius 3 is 0.924 bits per heavy atom. The fourth-order valence-electron chi connectivity index (χ4n) is 8.32. The zero-order valence-corrected chi connectivity index (χ0v) is 44.0. The fraction of sp³-hybridized carbons (Fsp3) is 0.817. The van der Waals surface area contributed by atoms with Gasteiger partial charge in [0.1, 0.15) is 13.2 Å². The molecule has 6 heteroatoms. The number of carbonyl (C=O) groups is 3. The van der Waals surface area contributed by atoms with Crippen LogP contribution < -0.4 is 0 Å². The molecule has 0 aromatic carbocycles. The number of esters is 3. The van der Waals surface area contributed by atoms with Crippen molar-refractivity contribution in [3.63, 3.8) is 0 Å². The quantitative estimate of drug-likeness (QED) is 0.0262. The smallest absolute Gasteiger partial charge is 0.306 e. The molecule has 0 saturated heterocycles. The maximum absolute atomic E-state index is 12.8. The minimum Gasteiger partial charge on any atom is -0.462 e. The van der Waals surface area contributed by atoms with Gasteiger partial charge in [-0.05, 0) is 57.8 Å². The van der Waals surface area contributed by atoms with Crippen LogP contribution in [0.15, 0.2) is 48.6 Å². The average Bonchev–Trinajstić information content (AvgIpc) is 3.31. The van der Waals surface area contributed by atoms with E-state index in [9.17, 15) is 14.4 Å². The Kier molecular flexibility index (Phi) is 52.8. The van der Waals surface area contributed by atoms with E-state index in [2.05, 4.69) is 69.4 Å². The van der Waals surface area contributed by atoms with E-state index in [-0.39, 0.29) is 37.5 Å². The Bertz CT molecular complexity index is 1150. The second-order valence-electron chi connectivity index (χ2n) is 19.2. The maximum Gasteiger partial charge on any atom is 0.306 e. The summed E-state index contributed by atoms with van der Waals surface area (Å²) < 4.78 is 16.8. The lowest BCUT2D eigenvalue weighted by Gasteiger charge is -2.18. The zero-order chi connectivity index (χ0) is 47.9. The van der Waals surface area contributed by atoms with Gasteiger partial charge in [-0.15, -0.1) is 0 Å². The van der Waals surface area contributed by atoms with Gasteiger partial charge in [-0.25, -0.2) is 0 Å². The molecule has 0 amide bonds. The van der Waals surface area contributed by atoms with Crippen LogP contribution in [0.25, 0.3) is 0 Å². The van der Waals surface area contributed by atoms with E-state index >= 15 is 0 Å². The van der Waals surface area contributed by atoms with Crippen molar-refractivity contribution in [2.75, 3.05) is 13.2 Å². The Hall–Kier alpha value is -2.63. The SMILES string of the molecule is CC/C=C\C/C=C\C/C=C\C/C=C\CCCCC(=O)OC(COC(=O)CCCCCCCCCCCCC)COC(=O)CCCCCCCCCCCCCCCCCCCCCCCC. The maximum atomic E-state index is 12.8. The fourth-order valence-corrected chi connectivity index (χ4v) is 8.32. The summed E-state index contributed by atoms with van der Waals surface area (Å²) in [5.74, 6) is -0.914. The number of ether oxygens (including phenoxy) is 3. The summed E-state index contributed by atoms with van der Waals surface area (Å²) in [5.41, 5.74) is 0. The molecule has 0 rings (SSSR count). The van der Waals surface area contributed by atoms with Gasteiger partial charge in [0, 0.05) is 19.3 Å². The topological polar surface area (TPSA) is 78.9 Å². The van der Waals surface area contributed by atoms with Crippen molar-refractivity contribution in [3.8, 4) is 0 Å². The van der Waals surface area contributed by atoms with Crippen LogP contribution in [0.4, 0.5) is 0 Å². The molecule has 1 unspecified atom stereocenters. The highest BCUT2D eigenvalue weighted by atomic mass is 16.6. The molecule has 0 aliphatic rings. The highest BCUT2D eigenvalue weighted by Crippen LogP contribution is 2.17. The van der Waals surface area contributed by atoms with Gasteiger partial charge in [-0.1, -0.05) is 268 Å². The molecule has 0 saturated carbocycles. The van der Waals surface area contributed by atoms with Gasteiger partial charge in [-0.2, -0.15) is 0 Å². The first kappa shape index (κ1) is 63.4. The van der Waals surface area contributed by atoms with Crippen LogP contribution in [0.1, 0.15) is 297 Å². The molecule has 0 fully saturated rings. The Morgan fingerprint density at radius 1 is 0.318 bits per heavy atom. The summed E-state index contributed by atoms with van der Waals surface area (Å²) in [7, 11) is 0. The first-order valence-electron chi connectivity index (χ1n) is 28.6. The zero-order valence-electron chi connectivity index (χ0n) is 44.0. The molecule has 0 aliphatic heterocycles. The molecule has 0 aromatic heterocycles. The second-order valence-corrected chi connectivity index (χ2v) is 19.2. The predicted octanol–water partition coefficient (Wildman–Crippen LogP) is 19.0. The Balaban J connectivity index is 4.29. The van der Waals surface area contributed by atoms with Crippen LogP contribution in [-0.4, -0.2) is 37.2 Å². The second kappa shape index (κ2) is 55.0. The van der Waals surface area contributed by atoms with Crippen molar-refractivity contribution in [3.05, 3.63) is 48.6 Å². The number of unbranched alkanes of at least 4 members (excludes halogenated alkanes) is 33. The molecule has 0 heterocycles. The highest BCUT2D eigenvalue weighted by Gasteiger charge is 2.19. The molecule has 0 N–H and O–H groups in total. The lowest BCUT2D eigenvalue weighted by molar-refractivity contribution is -0.167. The lowest BCUT2D eigenvalue weighted by Crippen LogP contribution is -2.30. The van der Waals surface area contributed by atoms with Crippen molar-refractivity contribution in [2.24, 2.45) is 0 Å². The van der Waals surface area contributed by atoms with Crippen LogP contribution in [0.3, 0.4) is 0 Å². The van der Waals surface area contributed by atoms with Gasteiger partial charge < -0.3 is 14.2 Å². The normalized spacial score (nSPS) is 12.3. The van der Waals surface area contributed by atoms with Crippen molar-refractivity contribution >= 4 is 17.9 Å². The van der Waals surface area contributed by atoms with E-state index in [1.54, 1.807) is 0 Å². The van der Waals surface area contributed by atoms with E-state index in [1.165, 1.54) is 173 Å². The third kappa shape index (κ3) is 52.3. The van der Waals surface area contributed by atoms with E-state index in [4.69, 9.17) is 14.2 Å². The molecular formula is C60H108O6. The average molecular weight is 926 g/mol. The number of hydrogen-bond acceptors (Lipinski definition) is 6. The van der Waals surface area contributed by atoms with E-state index in [0.717, 1.165) is 77.0 Å². The number of hydrogen-bond donors (Lipinski definition) is 0. The Labute approximate surface area is 409 Å². The molecule has 6 nitrogen and oxygen atoms in total. The molecule has 0 bridgehead atoms. The first-order valence-corrected chi connectivity index (χ1v) is 28.6. The lowest BCUT2D eigenvalue weighted by atomic mass is 10.0. The minimum absolute atomic E-state index is 0.0858. The van der Waals surface area contributed by atoms with E-state index < -0.39 is 6.10 Å². The monoisotopic (exact) mass is 925 g/mol. The summed E-state index contributed by atoms with van der Waals surface area (Å²) in [4.78, 5) is 38.0. The van der Waals surface area contributed by atoms with Gasteiger partial charge in [0.15, 0.2) is 6.10 Å². The van der Waals surface area contributed by atoms with Gasteiger partial charge >= 0.3 is 17.9 Å². The molecule has 0 aromatic rings. The summed E-state index contributed by atoms with van der Waals surface area (Å²) in [6.07, 6.45) is 66.9. The minimum atomic E-state index is -0.790. The van der Waals surface area contributed by atoms with Gasteiger partial charge in [0.25, 0.3) is 0 Å². The van der Waals surface area contributed by atoms with Crippen molar-refractivity contribution in [1.82, 2.24) is 0 Å². The van der Waals surface area contributed by atoms with Crippen LogP contribution in [0.5, 0.6) is 0 Å². The molecule has 384 valence electrons. The molecular weight excluding hydrogens is 817 g/mol. The van der Waals surface area contributed by atoms with Crippen LogP contribution in [0.2, 0.25) is 0 Å². The van der Waals surface area contributed by atoms with E-state index in [1.807, 2.05) is 0 Å². The van der Waals surface area contributed by atoms with Gasteiger partial charge in [-0.3, -0.25) is 14.4 Å². The van der Waals surface area contributed by atoms with E-state index in [0.29, 0.717) is 19.3 Å². The molecule has 66 heavy (non-hydrogen) atoms. The number of allylic oxidation sites excluding steroid dienone is 8. The van der Waals surface area contributed by atoms with Gasteiger partial charge in [0.2, 0.25) is 0 Å². The first-order chi connectivity index (χ1) is 32.5. The summed E-state index contributed by atoms with van der Waals surface area (Å²) in [5, 5.41) is 0. The van der Waals surface area contributed by atoms with Crippen molar-refractivity contribution in [2.45, 2.75) is 303 Å². The van der Waals surface area contributed by atoms with Crippen molar-refractivity contribution in [1.29, 1.82) is 0 Å². The molecule has 0 aliphatic carbocycles. The molecule has 0 spiro atoms. The molecule has 1 atom stereocenters.